The van der Waals surface area contributed by atoms with Crippen LogP contribution in [0.25, 0.3) is 10.8 Å². The largest absolute Gasteiger partial charge is 0.497 e. The Hall–Kier alpha value is -1.07. The molecule has 0 aromatic heterocycles. The number of methoxy groups -OCH3 is 1. The molecule has 2 atom stereocenters. The van der Waals surface area contributed by atoms with Crippen LogP contribution < -0.4 is 4.74 Å². The third kappa shape index (κ3) is 3.09. The Balaban J connectivity index is 1.90. The summed E-state index contributed by atoms with van der Waals surface area (Å²) < 4.78 is 28.5. The molecule has 1 fully saturated rings. The number of hydrogen-bond donors (Lipinski definition) is 0. The first-order valence-electron chi connectivity index (χ1n) is 6.91. The van der Waals surface area contributed by atoms with Gasteiger partial charge in [-0.1, -0.05) is 40.2 Å². The quantitative estimate of drug-likeness (QED) is 0.775. The van der Waals surface area contributed by atoms with Crippen LogP contribution >= 0.6 is 15.9 Å². The molecule has 112 valence electrons. The molecule has 21 heavy (non-hydrogen) atoms. The van der Waals surface area contributed by atoms with Crippen molar-refractivity contribution in [2.24, 2.45) is 5.92 Å². The number of sulfone groups is 1. The highest BCUT2D eigenvalue weighted by molar-refractivity contribution is 9.09. The Morgan fingerprint density at radius 2 is 1.90 bits per heavy atom. The SMILES string of the molecule is COc1ccc2cc(C(Br)C3CCS(=O)(=O)C3)ccc2c1. The highest BCUT2D eigenvalue weighted by Gasteiger charge is 2.33. The fourth-order valence-corrected chi connectivity index (χ4v) is 5.69. The molecule has 2 aromatic carbocycles. The van der Waals surface area contributed by atoms with Crippen LogP contribution in [-0.2, 0) is 9.84 Å². The second kappa shape index (κ2) is 5.61. The van der Waals surface area contributed by atoms with E-state index in [2.05, 4.69) is 34.1 Å². The molecular weight excluding hydrogens is 352 g/mol. The molecule has 0 saturated carbocycles. The number of halogens is 1. The lowest BCUT2D eigenvalue weighted by Crippen LogP contribution is -2.10. The minimum absolute atomic E-state index is 0.0845. The maximum Gasteiger partial charge on any atom is 0.150 e. The van der Waals surface area contributed by atoms with Gasteiger partial charge in [-0.2, -0.15) is 0 Å². The van der Waals surface area contributed by atoms with Crippen LogP contribution in [0.15, 0.2) is 36.4 Å². The van der Waals surface area contributed by atoms with Gasteiger partial charge < -0.3 is 4.74 Å². The number of benzene rings is 2. The van der Waals surface area contributed by atoms with E-state index in [1.54, 1.807) is 7.11 Å². The lowest BCUT2D eigenvalue weighted by Gasteiger charge is -2.17. The minimum Gasteiger partial charge on any atom is -0.497 e. The van der Waals surface area contributed by atoms with Gasteiger partial charge in [-0.25, -0.2) is 8.42 Å². The van der Waals surface area contributed by atoms with Gasteiger partial charge in [0.15, 0.2) is 9.84 Å². The standard InChI is InChI=1S/C16H17BrO3S/c1-20-15-5-4-11-8-13(3-2-12(11)9-15)16(17)14-6-7-21(18,19)10-14/h2-5,8-9,14,16H,6-7,10H2,1H3. The molecule has 3 nitrogen and oxygen atoms in total. The fourth-order valence-electron chi connectivity index (χ4n) is 2.87. The molecule has 1 saturated heterocycles. The van der Waals surface area contributed by atoms with E-state index in [0.717, 1.165) is 28.5 Å². The molecule has 5 heteroatoms. The van der Waals surface area contributed by atoms with Gasteiger partial charge in [-0.15, -0.1) is 0 Å². The second-order valence-corrected chi connectivity index (χ2v) is 8.75. The van der Waals surface area contributed by atoms with Crippen LogP contribution in [0.5, 0.6) is 5.75 Å². The number of ether oxygens (including phenoxy) is 1. The van der Waals surface area contributed by atoms with Gasteiger partial charge in [0.25, 0.3) is 0 Å². The zero-order valence-corrected chi connectivity index (χ0v) is 14.2. The second-order valence-electron chi connectivity index (χ2n) is 5.54. The van der Waals surface area contributed by atoms with Crippen molar-refractivity contribution in [1.29, 1.82) is 0 Å². The zero-order chi connectivity index (χ0) is 15.0. The molecule has 0 aliphatic carbocycles. The first-order valence-corrected chi connectivity index (χ1v) is 9.64. The van der Waals surface area contributed by atoms with Crippen LogP contribution in [-0.4, -0.2) is 27.0 Å². The Kier molecular flexibility index (Phi) is 3.97. The van der Waals surface area contributed by atoms with E-state index in [4.69, 9.17) is 4.74 Å². The third-order valence-corrected chi connectivity index (χ3v) is 7.14. The van der Waals surface area contributed by atoms with Crippen LogP contribution in [0.3, 0.4) is 0 Å². The first kappa shape index (κ1) is 14.9. The van der Waals surface area contributed by atoms with Gasteiger partial charge in [-0.3, -0.25) is 0 Å². The van der Waals surface area contributed by atoms with Gasteiger partial charge in [0, 0.05) is 4.83 Å². The molecule has 0 spiro atoms. The van der Waals surface area contributed by atoms with Crippen molar-refractivity contribution in [1.82, 2.24) is 0 Å². The van der Waals surface area contributed by atoms with Gasteiger partial charge in [0.05, 0.1) is 18.6 Å². The molecule has 1 aliphatic heterocycles. The lowest BCUT2D eigenvalue weighted by atomic mass is 9.96. The molecule has 2 aromatic rings. The van der Waals surface area contributed by atoms with Crippen molar-refractivity contribution in [2.75, 3.05) is 18.6 Å². The summed E-state index contributed by atoms with van der Waals surface area (Å²) in [4.78, 5) is 0.0845. The predicted octanol–water partition coefficient (Wildman–Crippen LogP) is 3.72. The summed E-state index contributed by atoms with van der Waals surface area (Å²) in [5.74, 6) is 1.59. The topological polar surface area (TPSA) is 43.4 Å². The van der Waals surface area contributed by atoms with E-state index in [-0.39, 0.29) is 16.5 Å². The monoisotopic (exact) mass is 368 g/mol. The number of rotatable bonds is 3. The van der Waals surface area contributed by atoms with Gasteiger partial charge in [0.2, 0.25) is 0 Å². The van der Waals surface area contributed by atoms with E-state index < -0.39 is 9.84 Å². The summed E-state index contributed by atoms with van der Waals surface area (Å²) in [5, 5.41) is 2.26. The predicted molar refractivity (Wildman–Crippen MR) is 88.9 cm³/mol. The summed E-state index contributed by atoms with van der Waals surface area (Å²) in [5.41, 5.74) is 1.13. The molecule has 0 N–H and O–H groups in total. The molecule has 0 bridgehead atoms. The summed E-state index contributed by atoms with van der Waals surface area (Å²) in [6.45, 7) is 0. The first-order chi connectivity index (χ1) is 9.98. The number of hydrogen-bond acceptors (Lipinski definition) is 3. The number of fused-ring (bicyclic) bond motifs is 1. The van der Waals surface area contributed by atoms with Crippen LogP contribution in [0.4, 0.5) is 0 Å². The number of alkyl halides is 1. The van der Waals surface area contributed by atoms with Crippen LogP contribution in [0.1, 0.15) is 16.8 Å². The summed E-state index contributed by atoms with van der Waals surface area (Å²) in [6, 6.07) is 12.2. The molecule has 3 rings (SSSR count). The summed E-state index contributed by atoms with van der Waals surface area (Å²) >= 11 is 3.69. The van der Waals surface area contributed by atoms with E-state index in [1.807, 2.05) is 18.2 Å². The van der Waals surface area contributed by atoms with Crippen molar-refractivity contribution in [2.45, 2.75) is 11.2 Å². The maximum atomic E-state index is 11.6. The highest BCUT2D eigenvalue weighted by atomic mass is 79.9. The summed E-state index contributed by atoms with van der Waals surface area (Å²) in [6.07, 6.45) is 0.735. The lowest BCUT2D eigenvalue weighted by molar-refractivity contribution is 0.415. The molecule has 0 amide bonds. The van der Waals surface area contributed by atoms with Crippen LogP contribution in [0.2, 0.25) is 0 Å². The Morgan fingerprint density at radius 1 is 1.19 bits per heavy atom. The molecule has 1 heterocycles. The molecular formula is C16H17BrO3S. The molecule has 0 radical (unpaired) electrons. The molecule has 1 aliphatic rings. The van der Waals surface area contributed by atoms with Crippen molar-refractivity contribution in [3.8, 4) is 5.75 Å². The highest BCUT2D eigenvalue weighted by Crippen LogP contribution is 2.38. The Bertz CT molecular complexity index is 770. The van der Waals surface area contributed by atoms with Crippen LogP contribution in [0, 0.1) is 5.92 Å². The van der Waals surface area contributed by atoms with Crippen molar-refractivity contribution >= 4 is 36.5 Å². The van der Waals surface area contributed by atoms with E-state index in [9.17, 15) is 8.42 Å². The van der Waals surface area contributed by atoms with Crippen molar-refractivity contribution in [3.63, 3.8) is 0 Å². The minimum atomic E-state index is -2.85. The van der Waals surface area contributed by atoms with Crippen molar-refractivity contribution < 1.29 is 13.2 Å². The molecule has 2 unspecified atom stereocenters. The van der Waals surface area contributed by atoms with E-state index in [0.29, 0.717) is 5.75 Å². The average Bonchev–Trinajstić information content (AvgIpc) is 2.85. The Labute approximate surface area is 133 Å². The summed E-state index contributed by atoms with van der Waals surface area (Å²) in [7, 11) is -1.19. The third-order valence-electron chi connectivity index (χ3n) is 4.07. The fraction of sp³-hybridized carbons (Fsp3) is 0.375. The van der Waals surface area contributed by atoms with Gasteiger partial charge >= 0.3 is 0 Å². The smallest absolute Gasteiger partial charge is 0.150 e. The van der Waals surface area contributed by atoms with Gasteiger partial charge in [-0.05, 0) is 40.8 Å². The maximum absolute atomic E-state index is 11.6. The van der Waals surface area contributed by atoms with Crippen molar-refractivity contribution in [3.05, 3.63) is 42.0 Å². The average molecular weight is 369 g/mol. The Morgan fingerprint density at radius 3 is 2.57 bits per heavy atom. The zero-order valence-electron chi connectivity index (χ0n) is 11.8. The van der Waals surface area contributed by atoms with E-state index in [1.165, 1.54) is 0 Å². The van der Waals surface area contributed by atoms with E-state index >= 15 is 0 Å². The normalized spacial score (nSPS) is 22.3. The van der Waals surface area contributed by atoms with Gasteiger partial charge in [0.1, 0.15) is 5.75 Å².